The Kier molecular flexibility index (Phi) is 7.04. The number of ether oxygens (including phenoxy) is 1. The van der Waals surface area contributed by atoms with Crippen molar-refractivity contribution >= 4 is 34.8 Å². The molecule has 6 nitrogen and oxygen atoms in total. The standard InChI is InChI=1S/C22H26N2O4S/c1-15-7-9-16(10-8-15)24-19(25)12-11-17(21(24)18-5-4-14-29-18)22(27)23-13-3-6-20(26)28-2/h4-5,7-10,14,17,21H,3,6,11-13H2,1-2H3,(H,23,27). The van der Waals surface area contributed by atoms with Crippen molar-refractivity contribution in [2.45, 2.75) is 38.6 Å². The largest absolute Gasteiger partial charge is 0.469 e. The van der Waals surface area contributed by atoms with Crippen LogP contribution in [0.15, 0.2) is 41.8 Å². The molecule has 2 amide bonds. The lowest BCUT2D eigenvalue weighted by Crippen LogP contribution is -2.48. The first-order valence-electron chi connectivity index (χ1n) is 9.78. The number of carbonyl (C=O) groups excluding carboxylic acids is 3. The van der Waals surface area contributed by atoms with Gasteiger partial charge in [-0.2, -0.15) is 0 Å². The SMILES string of the molecule is COC(=O)CCCNC(=O)C1CCC(=O)N(c2ccc(C)cc2)C1c1cccs1. The second-order valence-corrected chi connectivity index (χ2v) is 8.15. The van der Waals surface area contributed by atoms with E-state index >= 15 is 0 Å². The van der Waals surface area contributed by atoms with Crippen LogP contribution in [0, 0.1) is 12.8 Å². The summed E-state index contributed by atoms with van der Waals surface area (Å²) in [6.07, 6.45) is 1.63. The average molecular weight is 415 g/mol. The van der Waals surface area contributed by atoms with Crippen molar-refractivity contribution in [3.63, 3.8) is 0 Å². The second-order valence-electron chi connectivity index (χ2n) is 7.18. The predicted molar refractivity (Wildman–Crippen MR) is 113 cm³/mol. The lowest BCUT2D eigenvalue weighted by Gasteiger charge is -2.40. The Balaban J connectivity index is 1.80. The molecule has 1 aromatic heterocycles. The van der Waals surface area contributed by atoms with Crippen molar-refractivity contribution < 1.29 is 19.1 Å². The number of hydrogen-bond acceptors (Lipinski definition) is 5. The van der Waals surface area contributed by atoms with Crippen LogP contribution in [-0.2, 0) is 19.1 Å². The molecule has 0 radical (unpaired) electrons. The molecule has 29 heavy (non-hydrogen) atoms. The van der Waals surface area contributed by atoms with Gasteiger partial charge in [0, 0.05) is 30.0 Å². The molecule has 2 atom stereocenters. The van der Waals surface area contributed by atoms with Gasteiger partial charge >= 0.3 is 5.97 Å². The van der Waals surface area contributed by atoms with E-state index in [-0.39, 0.29) is 36.2 Å². The zero-order valence-corrected chi connectivity index (χ0v) is 17.5. The Hall–Kier alpha value is -2.67. The van der Waals surface area contributed by atoms with Gasteiger partial charge in [-0.25, -0.2) is 0 Å². The molecule has 2 aromatic rings. The van der Waals surface area contributed by atoms with Crippen LogP contribution in [0.4, 0.5) is 5.69 Å². The molecule has 1 aliphatic heterocycles. The van der Waals surface area contributed by atoms with Gasteiger partial charge in [-0.05, 0) is 43.3 Å². The van der Waals surface area contributed by atoms with Crippen LogP contribution in [0.3, 0.4) is 0 Å². The topological polar surface area (TPSA) is 75.7 Å². The number of nitrogens with one attached hydrogen (secondary N) is 1. The Labute approximate surface area is 174 Å². The third-order valence-corrected chi connectivity index (χ3v) is 6.11. The number of esters is 1. The summed E-state index contributed by atoms with van der Waals surface area (Å²) in [5.41, 5.74) is 1.92. The van der Waals surface area contributed by atoms with E-state index in [1.807, 2.05) is 48.7 Å². The third-order valence-electron chi connectivity index (χ3n) is 5.17. The minimum Gasteiger partial charge on any atom is -0.469 e. The molecule has 3 rings (SSSR count). The van der Waals surface area contributed by atoms with E-state index in [4.69, 9.17) is 0 Å². The van der Waals surface area contributed by atoms with Crippen LogP contribution in [0.1, 0.15) is 42.2 Å². The van der Waals surface area contributed by atoms with Crippen LogP contribution >= 0.6 is 11.3 Å². The highest BCUT2D eigenvalue weighted by Gasteiger charge is 2.41. The molecule has 1 saturated heterocycles. The average Bonchev–Trinajstić information content (AvgIpc) is 3.26. The zero-order valence-electron chi connectivity index (χ0n) is 16.7. The lowest BCUT2D eigenvalue weighted by atomic mass is 9.86. The van der Waals surface area contributed by atoms with Crippen LogP contribution in [0.5, 0.6) is 0 Å². The highest BCUT2D eigenvalue weighted by atomic mass is 32.1. The maximum Gasteiger partial charge on any atom is 0.305 e. The Morgan fingerprint density at radius 3 is 2.66 bits per heavy atom. The van der Waals surface area contributed by atoms with Gasteiger partial charge in [-0.15, -0.1) is 11.3 Å². The summed E-state index contributed by atoms with van der Waals surface area (Å²) in [7, 11) is 1.35. The van der Waals surface area contributed by atoms with Gasteiger partial charge < -0.3 is 15.0 Å². The third kappa shape index (κ3) is 5.03. The van der Waals surface area contributed by atoms with Crippen molar-refractivity contribution in [2.75, 3.05) is 18.6 Å². The molecule has 1 aliphatic rings. The number of methoxy groups -OCH3 is 1. The normalized spacial score (nSPS) is 19.1. The number of anilines is 1. The van der Waals surface area contributed by atoms with Gasteiger partial charge in [-0.3, -0.25) is 14.4 Å². The molecule has 0 aliphatic carbocycles. The fourth-order valence-electron chi connectivity index (χ4n) is 3.64. The molecule has 0 saturated carbocycles. The summed E-state index contributed by atoms with van der Waals surface area (Å²) in [6.45, 7) is 2.41. The van der Waals surface area contributed by atoms with Crippen molar-refractivity contribution in [1.29, 1.82) is 0 Å². The van der Waals surface area contributed by atoms with Crippen LogP contribution in [-0.4, -0.2) is 31.4 Å². The van der Waals surface area contributed by atoms with E-state index in [2.05, 4.69) is 10.1 Å². The van der Waals surface area contributed by atoms with Gasteiger partial charge in [0.1, 0.15) is 0 Å². The van der Waals surface area contributed by atoms with E-state index in [0.717, 1.165) is 16.1 Å². The first-order chi connectivity index (χ1) is 14.0. The van der Waals surface area contributed by atoms with E-state index in [1.165, 1.54) is 7.11 Å². The molecule has 1 N–H and O–H groups in total. The fraction of sp³-hybridized carbons (Fsp3) is 0.409. The maximum absolute atomic E-state index is 13.0. The number of nitrogens with zero attached hydrogens (tertiary/aromatic N) is 1. The number of thiophene rings is 1. The Bertz CT molecular complexity index is 848. The highest BCUT2D eigenvalue weighted by molar-refractivity contribution is 7.10. The minimum absolute atomic E-state index is 0.0296. The molecule has 7 heteroatoms. The molecular weight excluding hydrogens is 388 g/mol. The number of hydrogen-bond donors (Lipinski definition) is 1. The monoisotopic (exact) mass is 414 g/mol. The molecule has 2 heterocycles. The van der Waals surface area contributed by atoms with E-state index < -0.39 is 0 Å². The molecule has 0 bridgehead atoms. The number of piperidine rings is 1. The highest BCUT2D eigenvalue weighted by Crippen LogP contribution is 2.41. The van der Waals surface area contributed by atoms with Crippen molar-refractivity contribution in [3.05, 3.63) is 52.2 Å². The number of amides is 2. The quantitative estimate of drug-likeness (QED) is 0.555. The van der Waals surface area contributed by atoms with E-state index in [0.29, 0.717) is 25.8 Å². The van der Waals surface area contributed by atoms with Crippen LogP contribution in [0.25, 0.3) is 0 Å². The van der Waals surface area contributed by atoms with E-state index in [1.54, 1.807) is 16.2 Å². The van der Waals surface area contributed by atoms with Crippen molar-refractivity contribution in [2.24, 2.45) is 5.92 Å². The van der Waals surface area contributed by atoms with Gasteiger partial charge in [0.2, 0.25) is 11.8 Å². The minimum atomic E-state index is -0.342. The predicted octanol–water partition coefficient (Wildman–Crippen LogP) is 3.61. The second kappa shape index (κ2) is 9.69. The van der Waals surface area contributed by atoms with Gasteiger partial charge in [0.15, 0.2) is 0 Å². The smallest absolute Gasteiger partial charge is 0.305 e. The maximum atomic E-state index is 13.0. The fourth-order valence-corrected chi connectivity index (χ4v) is 4.52. The summed E-state index contributed by atoms with van der Waals surface area (Å²) >= 11 is 1.55. The molecule has 1 aromatic carbocycles. The van der Waals surface area contributed by atoms with Crippen LogP contribution < -0.4 is 10.2 Å². The summed E-state index contributed by atoms with van der Waals surface area (Å²) < 4.78 is 4.63. The molecule has 0 spiro atoms. The van der Waals surface area contributed by atoms with Crippen LogP contribution in [0.2, 0.25) is 0 Å². The summed E-state index contributed by atoms with van der Waals surface area (Å²) in [6, 6.07) is 11.4. The number of benzene rings is 1. The van der Waals surface area contributed by atoms with Gasteiger partial charge in [0.05, 0.1) is 19.1 Å². The molecule has 1 fully saturated rings. The number of rotatable bonds is 7. The molecular formula is C22H26N2O4S. The van der Waals surface area contributed by atoms with E-state index in [9.17, 15) is 14.4 Å². The summed E-state index contributed by atoms with van der Waals surface area (Å²) in [5.74, 6) is -0.685. The molecule has 2 unspecified atom stereocenters. The first kappa shape index (κ1) is 21.0. The Morgan fingerprint density at radius 1 is 1.24 bits per heavy atom. The number of carbonyl (C=O) groups is 3. The van der Waals surface area contributed by atoms with Crippen molar-refractivity contribution in [3.8, 4) is 0 Å². The Morgan fingerprint density at radius 2 is 2.00 bits per heavy atom. The molecule has 154 valence electrons. The first-order valence-corrected chi connectivity index (χ1v) is 10.7. The number of aryl methyl sites for hydroxylation is 1. The van der Waals surface area contributed by atoms with Gasteiger partial charge in [-0.1, -0.05) is 23.8 Å². The lowest BCUT2D eigenvalue weighted by molar-refractivity contribution is -0.141. The summed E-state index contributed by atoms with van der Waals surface area (Å²) in [4.78, 5) is 39.9. The van der Waals surface area contributed by atoms with Crippen molar-refractivity contribution in [1.82, 2.24) is 5.32 Å². The summed E-state index contributed by atoms with van der Waals surface area (Å²) in [5, 5.41) is 4.91. The zero-order chi connectivity index (χ0) is 20.8. The van der Waals surface area contributed by atoms with Gasteiger partial charge in [0.25, 0.3) is 0 Å².